The van der Waals surface area contributed by atoms with Crippen molar-refractivity contribution in [3.05, 3.63) is 63.7 Å². The van der Waals surface area contributed by atoms with E-state index in [1.165, 1.54) is 0 Å². The van der Waals surface area contributed by atoms with Crippen LogP contribution in [0.15, 0.2) is 36.4 Å². The molecule has 0 aliphatic rings. The molecular weight excluding hydrogens is 288 g/mol. The Hall–Kier alpha value is -3.03. The van der Waals surface area contributed by atoms with E-state index in [1.54, 1.807) is 0 Å². The molecule has 0 radical (unpaired) electrons. The van der Waals surface area contributed by atoms with Gasteiger partial charge in [-0.15, -0.1) is 0 Å². The highest BCUT2D eigenvalue weighted by Crippen LogP contribution is 2.35. The molecule has 0 fully saturated rings. The number of benzene rings is 2. The van der Waals surface area contributed by atoms with Crippen LogP contribution in [0.2, 0.25) is 0 Å². The van der Waals surface area contributed by atoms with Crippen molar-refractivity contribution in [2.45, 2.75) is 0 Å². The second-order valence-electron chi connectivity index (χ2n) is 3.89. The first-order valence-corrected chi connectivity index (χ1v) is 5.53. The Morgan fingerprint density at radius 2 is 1.90 bits per heavy atom. The molecule has 0 aliphatic heterocycles. The summed E-state index contributed by atoms with van der Waals surface area (Å²) in [5.41, 5.74) is -1.37. The lowest BCUT2D eigenvalue weighted by molar-refractivity contribution is -0.388. The molecule has 2 aromatic rings. The molecule has 2 aromatic carbocycles. The first kappa shape index (κ1) is 14.4. The maximum absolute atomic E-state index is 13.4. The van der Waals surface area contributed by atoms with Crippen molar-refractivity contribution in [2.24, 2.45) is 0 Å². The van der Waals surface area contributed by atoms with Crippen molar-refractivity contribution in [1.29, 1.82) is 0 Å². The molecule has 1 N–H and O–H groups in total. The average molecular weight is 295 g/mol. The van der Waals surface area contributed by atoms with E-state index >= 15 is 0 Å². The van der Waals surface area contributed by atoms with E-state index in [2.05, 4.69) is 0 Å². The number of para-hydroxylation sites is 1. The number of halogens is 2. The summed E-state index contributed by atoms with van der Waals surface area (Å²) >= 11 is 0. The fourth-order valence-electron chi connectivity index (χ4n) is 1.63. The summed E-state index contributed by atoms with van der Waals surface area (Å²) in [6, 6.07) is 5.68. The smallest absolute Gasteiger partial charge is 0.346 e. The standard InChI is InChI=1S/C13H7F2NO5/c14-7-4-5-8(13(17)18)11(6-7)21-10-3-1-2-9(15)12(10)16(19)20/h1-6H,(H,17,18). The zero-order valence-electron chi connectivity index (χ0n) is 10.2. The van der Waals surface area contributed by atoms with Crippen LogP contribution in [0, 0.1) is 21.7 Å². The predicted molar refractivity (Wildman–Crippen MR) is 66.5 cm³/mol. The summed E-state index contributed by atoms with van der Waals surface area (Å²) in [5.74, 6) is -4.34. The molecule has 108 valence electrons. The first-order chi connectivity index (χ1) is 9.90. The van der Waals surface area contributed by atoms with Gasteiger partial charge >= 0.3 is 11.7 Å². The minimum Gasteiger partial charge on any atom is -0.478 e. The zero-order valence-corrected chi connectivity index (χ0v) is 10.2. The monoisotopic (exact) mass is 295 g/mol. The van der Waals surface area contributed by atoms with Crippen molar-refractivity contribution < 1.29 is 28.3 Å². The largest absolute Gasteiger partial charge is 0.478 e. The van der Waals surface area contributed by atoms with Crippen LogP contribution >= 0.6 is 0 Å². The number of carboxylic acid groups (broad SMARTS) is 1. The van der Waals surface area contributed by atoms with E-state index in [9.17, 15) is 23.7 Å². The molecule has 0 aromatic heterocycles. The van der Waals surface area contributed by atoms with E-state index in [0.717, 1.165) is 36.4 Å². The third-order valence-electron chi connectivity index (χ3n) is 2.53. The summed E-state index contributed by atoms with van der Waals surface area (Å²) in [6.45, 7) is 0. The van der Waals surface area contributed by atoms with Gasteiger partial charge in [0, 0.05) is 6.07 Å². The van der Waals surface area contributed by atoms with E-state index in [0.29, 0.717) is 0 Å². The lowest BCUT2D eigenvalue weighted by Crippen LogP contribution is -2.02. The number of hydrogen-bond donors (Lipinski definition) is 1. The second-order valence-corrected chi connectivity index (χ2v) is 3.89. The molecule has 0 amide bonds. The minimum absolute atomic E-state index is 0.407. The molecule has 8 heteroatoms. The highest BCUT2D eigenvalue weighted by Gasteiger charge is 2.23. The van der Waals surface area contributed by atoms with Gasteiger partial charge in [-0.1, -0.05) is 6.07 Å². The van der Waals surface area contributed by atoms with E-state index in [4.69, 9.17) is 9.84 Å². The van der Waals surface area contributed by atoms with Crippen molar-refractivity contribution >= 4 is 11.7 Å². The minimum atomic E-state index is -1.41. The third kappa shape index (κ3) is 2.94. The van der Waals surface area contributed by atoms with Crippen LogP contribution in [-0.2, 0) is 0 Å². The van der Waals surface area contributed by atoms with Crippen LogP contribution in [0.1, 0.15) is 10.4 Å². The molecule has 21 heavy (non-hydrogen) atoms. The maximum Gasteiger partial charge on any atom is 0.346 e. The van der Waals surface area contributed by atoms with Gasteiger partial charge in [0.2, 0.25) is 11.6 Å². The van der Waals surface area contributed by atoms with Crippen LogP contribution in [0.3, 0.4) is 0 Å². The highest BCUT2D eigenvalue weighted by atomic mass is 19.1. The number of nitro benzene ring substituents is 1. The van der Waals surface area contributed by atoms with Crippen LogP contribution in [0.5, 0.6) is 11.5 Å². The SMILES string of the molecule is O=C(O)c1ccc(F)cc1Oc1cccc(F)c1[N+](=O)[O-]. The number of carbonyl (C=O) groups is 1. The number of nitrogens with zero attached hydrogens (tertiary/aromatic N) is 1. The van der Waals surface area contributed by atoms with Crippen molar-refractivity contribution in [3.8, 4) is 11.5 Å². The number of hydrogen-bond acceptors (Lipinski definition) is 4. The molecule has 0 spiro atoms. The van der Waals surface area contributed by atoms with Gasteiger partial charge in [0.05, 0.1) is 4.92 Å². The first-order valence-electron chi connectivity index (χ1n) is 5.53. The molecule has 0 saturated carbocycles. The zero-order chi connectivity index (χ0) is 15.6. The molecule has 0 unspecified atom stereocenters. The molecular formula is C13H7F2NO5. The van der Waals surface area contributed by atoms with Gasteiger partial charge in [-0.3, -0.25) is 10.1 Å². The van der Waals surface area contributed by atoms with Crippen molar-refractivity contribution in [3.63, 3.8) is 0 Å². The Morgan fingerprint density at radius 3 is 2.52 bits per heavy atom. The Bertz CT molecular complexity index is 732. The van der Waals surface area contributed by atoms with Crippen LogP contribution < -0.4 is 4.74 Å². The Balaban J connectivity index is 2.53. The second kappa shape index (κ2) is 5.53. The molecule has 0 atom stereocenters. The normalized spacial score (nSPS) is 10.2. The van der Waals surface area contributed by atoms with Crippen molar-refractivity contribution in [1.82, 2.24) is 0 Å². The Kier molecular flexibility index (Phi) is 3.79. The van der Waals surface area contributed by atoms with E-state index in [1.807, 2.05) is 0 Å². The van der Waals surface area contributed by atoms with Crippen molar-refractivity contribution in [2.75, 3.05) is 0 Å². The van der Waals surface area contributed by atoms with E-state index < -0.39 is 45.3 Å². The summed E-state index contributed by atoms with van der Waals surface area (Å²) in [5, 5.41) is 19.8. The maximum atomic E-state index is 13.4. The quantitative estimate of drug-likeness (QED) is 0.690. The third-order valence-corrected chi connectivity index (χ3v) is 2.53. The Labute approximate surface area is 116 Å². The summed E-state index contributed by atoms with van der Waals surface area (Å²) in [6.07, 6.45) is 0. The van der Waals surface area contributed by atoms with Crippen LogP contribution in [0.25, 0.3) is 0 Å². The number of rotatable bonds is 4. The summed E-state index contributed by atoms with van der Waals surface area (Å²) in [4.78, 5) is 20.8. The van der Waals surface area contributed by atoms with Crippen LogP contribution in [-0.4, -0.2) is 16.0 Å². The molecule has 0 bridgehead atoms. The molecule has 0 heterocycles. The average Bonchev–Trinajstić information content (AvgIpc) is 2.37. The van der Waals surface area contributed by atoms with Gasteiger partial charge in [0.25, 0.3) is 0 Å². The van der Waals surface area contributed by atoms with Gasteiger partial charge in [-0.25, -0.2) is 9.18 Å². The highest BCUT2D eigenvalue weighted by molar-refractivity contribution is 5.91. The number of nitro groups is 1. The summed E-state index contributed by atoms with van der Waals surface area (Å²) < 4.78 is 31.6. The van der Waals surface area contributed by atoms with Gasteiger partial charge in [-0.05, 0) is 24.3 Å². The van der Waals surface area contributed by atoms with Gasteiger partial charge in [0.1, 0.15) is 17.1 Å². The lowest BCUT2D eigenvalue weighted by atomic mass is 10.2. The molecule has 2 rings (SSSR count). The lowest BCUT2D eigenvalue weighted by Gasteiger charge is -2.09. The number of aromatic carboxylic acids is 1. The van der Waals surface area contributed by atoms with Crippen LogP contribution in [0.4, 0.5) is 14.5 Å². The summed E-state index contributed by atoms with van der Waals surface area (Å²) in [7, 11) is 0. The predicted octanol–water partition coefficient (Wildman–Crippen LogP) is 3.36. The number of ether oxygens (including phenoxy) is 1. The molecule has 0 saturated heterocycles. The molecule has 0 aliphatic carbocycles. The van der Waals surface area contributed by atoms with E-state index in [-0.39, 0.29) is 0 Å². The number of carboxylic acids is 1. The molecule has 6 nitrogen and oxygen atoms in total. The van der Waals surface area contributed by atoms with Gasteiger partial charge in [-0.2, -0.15) is 4.39 Å². The van der Waals surface area contributed by atoms with Gasteiger partial charge < -0.3 is 9.84 Å². The van der Waals surface area contributed by atoms with Gasteiger partial charge in [0.15, 0.2) is 0 Å². The topological polar surface area (TPSA) is 89.7 Å². The Morgan fingerprint density at radius 1 is 1.19 bits per heavy atom. The fraction of sp³-hybridized carbons (Fsp3) is 0. The fourth-order valence-corrected chi connectivity index (χ4v) is 1.63.